The van der Waals surface area contributed by atoms with Crippen LogP contribution in [0.1, 0.15) is 30.1 Å². The van der Waals surface area contributed by atoms with E-state index in [0.29, 0.717) is 18.3 Å². The van der Waals surface area contributed by atoms with Gasteiger partial charge in [-0.2, -0.15) is 4.98 Å². The highest BCUT2D eigenvalue weighted by Gasteiger charge is 2.21. The summed E-state index contributed by atoms with van der Waals surface area (Å²) < 4.78 is 16.3. The van der Waals surface area contributed by atoms with E-state index in [1.165, 1.54) is 24.8 Å². The highest BCUT2D eigenvalue weighted by Crippen LogP contribution is 2.23. The Balaban J connectivity index is 1.21. The van der Waals surface area contributed by atoms with Gasteiger partial charge in [-0.15, -0.1) is 0 Å². The SMILES string of the molecule is COc1ccc(OCc2noc(CN3CCC(Cc4ccccc4)CC3)n2)cc1. The fourth-order valence-corrected chi connectivity index (χ4v) is 3.72. The van der Waals surface area contributed by atoms with E-state index < -0.39 is 0 Å². The lowest BCUT2D eigenvalue weighted by atomic mass is 9.90. The summed E-state index contributed by atoms with van der Waals surface area (Å²) in [4.78, 5) is 6.86. The molecule has 4 rings (SSSR count). The number of methoxy groups -OCH3 is 1. The number of piperidine rings is 1. The van der Waals surface area contributed by atoms with E-state index in [1.807, 2.05) is 24.3 Å². The van der Waals surface area contributed by atoms with E-state index in [4.69, 9.17) is 14.0 Å². The van der Waals surface area contributed by atoms with Gasteiger partial charge in [0.1, 0.15) is 11.5 Å². The lowest BCUT2D eigenvalue weighted by Crippen LogP contribution is -2.34. The van der Waals surface area contributed by atoms with Crippen LogP contribution >= 0.6 is 0 Å². The minimum absolute atomic E-state index is 0.287. The third-order valence-corrected chi connectivity index (χ3v) is 5.37. The van der Waals surface area contributed by atoms with Gasteiger partial charge in [0.25, 0.3) is 0 Å². The Bertz CT molecular complexity index is 872. The van der Waals surface area contributed by atoms with Crippen LogP contribution in [0.2, 0.25) is 0 Å². The van der Waals surface area contributed by atoms with Gasteiger partial charge in [0, 0.05) is 0 Å². The molecule has 1 aliphatic heterocycles. The Labute approximate surface area is 171 Å². The number of nitrogens with zero attached hydrogens (tertiary/aromatic N) is 3. The van der Waals surface area contributed by atoms with Crippen molar-refractivity contribution in [2.45, 2.75) is 32.4 Å². The number of benzene rings is 2. The van der Waals surface area contributed by atoms with Gasteiger partial charge in [0.05, 0.1) is 13.7 Å². The molecule has 0 N–H and O–H groups in total. The zero-order valence-corrected chi connectivity index (χ0v) is 16.8. The van der Waals surface area contributed by atoms with Crippen LogP contribution in [0.4, 0.5) is 0 Å². The van der Waals surface area contributed by atoms with E-state index >= 15 is 0 Å². The summed E-state index contributed by atoms with van der Waals surface area (Å²) in [5.41, 5.74) is 1.43. The van der Waals surface area contributed by atoms with Crippen molar-refractivity contribution in [3.63, 3.8) is 0 Å². The monoisotopic (exact) mass is 393 g/mol. The quantitative estimate of drug-likeness (QED) is 0.574. The molecule has 3 aromatic rings. The molecular weight excluding hydrogens is 366 g/mol. The first-order chi connectivity index (χ1) is 14.3. The Morgan fingerprint density at radius 1 is 1.00 bits per heavy atom. The Morgan fingerprint density at radius 2 is 1.72 bits per heavy atom. The fourth-order valence-electron chi connectivity index (χ4n) is 3.72. The van der Waals surface area contributed by atoms with Crippen LogP contribution in [0.15, 0.2) is 59.1 Å². The molecule has 1 saturated heterocycles. The molecule has 29 heavy (non-hydrogen) atoms. The number of likely N-dealkylation sites (tertiary alicyclic amines) is 1. The summed E-state index contributed by atoms with van der Waals surface area (Å²) >= 11 is 0. The number of hydrogen-bond acceptors (Lipinski definition) is 6. The molecule has 2 aromatic carbocycles. The molecule has 1 aliphatic rings. The maximum Gasteiger partial charge on any atom is 0.240 e. The summed E-state index contributed by atoms with van der Waals surface area (Å²) in [6.07, 6.45) is 3.58. The van der Waals surface area contributed by atoms with Crippen molar-refractivity contribution in [3.05, 3.63) is 71.9 Å². The molecule has 0 unspecified atom stereocenters. The highest BCUT2D eigenvalue weighted by atomic mass is 16.5. The lowest BCUT2D eigenvalue weighted by molar-refractivity contribution is 0.158. The van der Waals surface area contributed by atoms with Crippen molar-refractivity contribution in [1.29, 1.82) is 0 Å². The first-order valence-corrected chi connectivity index (χ1v) is 10.1. The van der Waals surface area contributed by atoms with Crippen molar-refractivity contribution >= 4 is 0 Å². The van der Waals surface area contributed by atoms with Crippen LogP contribution in [0.5, 0.6) is 11.5 Å². The molecule has 1 aromatic heterocycles. The predicted octanol–water partition coefficient (Wildman–Crippen LogP) is 4.11. The largest absolute Gasteiger partial charge is 0.497 e. The molecule has 0 saturated carbocycles. The Hall–Kier alpha value is -2.86. The van der Waals surface area contributed by atoms with Crippen LogP contribution in [0.25, 0.3) is 0 Å². The zero-order chi connectivity index (χ0) is 19.9. The van der Waals surface area contributed by atoms with Crippen LogP contribution < -0.4 is 9.47 Å². The molecule has 6 heteroatoms. The smallest absolute Gasteiger partial charge is 0.240 e. The number of rotatable bonds is 8. The topological polar surface area (TPSA) is 60.6 Å². The molecule has 1 fully saturated rings. The predicted molar refractivity (Wildman–Crippen MR) is 110 cm³/mol. The van der Waals surface area contributed by atoms with E-state index in [9.17, 15) is 0 Å². The maximum absolute atomic E-state index is 5.71. The molecule has 0 radical (unpaired) electrons. The van der Waals surface area contributed by atoms with Crippen LogP contribution in [-0.4, -0.2) is 35.2 Å². The molecule has 6 nitrogen and oxygen atoms in total. The van der Waals surface area contributed by atoms with E-state index in [0.717, 1.165) is 30.5 Å². The molecule has 0 spiro atoms. The third-order valence-electron chi connectivity index (χ3n) is 5.37. The van der Waals surface area contributed by atoms with Gasteiger partial charge in [0.2, 0.25) is 11.7 Å². The van der Waals surface area contributed by atoms with E-state index in [2.05, 4.69) is 45.4 Å². The minimum atomic E-state index is 0.287. The summed E-state index contributed by atoms with van der Waals surface area (Å²) in [7, 11) is 1.64. The second-order valence-corrected chi connectivity index (χ2v) is 7.48. The maximum atomic E-state index is 5.71. The average Bonchev–Trinajstić information content (AvgIpc) is 3.22. The van der Waals surface area contributed by atoms with Crippen LogP contribution in [0, 0.1) is 5.92 Å². The van der Waals surface area contributed by atoms with Crippen molar-refractivity contribution < 1.29 is 14.0 Å². The van der Waals surface area contributed by atoms with Gasteiger partial charge in [-0.1, -0.05) is 35.5 Å². The molecule has 152 valence electrons. The number of hydrogen-bond donors (Lipinski definition) is 0. The summed E-state index contributed by atoms with van der Waals surface area (Å²) in [6.45, 7) is 3.12. The van der Waals surface area contributed by atoms with Crippen molar-refractivity contribution in [2.75, 3.05) is 20.2 Å². The van der Waals surface area contributed by atoms with Gasteiger partial charge in [-0.25, -0.2) is 0 Å². The Kier molecular flexibility index (Phi) is 6.42. The highest BCUT2D eigenvalue weighted by molar-refractivity contribution is 5.31. The van der Waals surface area contributed by atoms with E-state index in [-0.39, 0.29) is 6.61 Å². The second-order valence-electron chi connectivity index (χ2n) is 7.48. The van der Waals surface area contributed by atoms with Crippen LogP contribution in [0.3, 0.4) is 0 Å². The first kappa shape index (κ1) is 19.5. The number of ether oxygens (including phenoxy) is 2. The third kappa shape index (κ3) is 5.57. The molecule has 0 aliphatic carbocycles. The average molecular weight is 393 g/mol. The van der Waals surface area contributed by atoms with Gasteiger partial charge >= 0.3 is 0 Å². The molecule has 0 amide bonds. The van der Waals surface area contributed by atoms with E-state index in [1.54, 1.807) is 7.11 Å². The van der Waals surface area contributed by atoms with Crippen molar-refractivity contribution in [3.8, 4) is 11.5 Å². The summed E-state index contributed by atoms with van der Waals surface area (Å²) in [5, 5.41) is 4.04. The molecule has 0 atom stereocenters. The number of aromatic nitrogens is 2. The standard InChI is InChI=1S/C23H27N3O3/c1-27-20-7-9-21(10-8-20)28-17-22-24-23(29-25-22)16-26-13-11-19(12-14-26)15-18-5-3-2-4-6-18/h2-10,19H,11-17H2,1H3. The van der Waals surface area contributed by atoms with Gasteiger partial charge < -0.3 is 14.0 Å². The second kappa shape index (κ2) is 9.56. The first-order valence-electron chi connectivity index (χ1n) is 10.1. The van der Waals surface area contributed by atoms with Gasteiger partial charge in [-0.05, 0) is 68.1 Å². The summed E-state index contributed by atoms with van der Waals surface area (Å²) in [5.74, 6) is 3.52. The van der Waals surface area contributed by atoms with Gasteiger partial charge in [-0.3, -0.25) is 4.90 Å². The normalized spacial score (nSPS) is 15.3. The Morgan fingerprint density at radius 3 is 2.45 bits per heavy atom. The lowest BCUT2D eigenvalue weighted by Gasteiger charge is -2.31. The molecule has 2 heterocycles. The van der Waals surface area contributed by atoms with Crippen LogP contribution in [-0.2, 0) is 19.6 Å². The summed E-state index contributed by atoms with van der Waals surface area (Å²) in [6, 6.07) is 18.2. The fraction of sp³-hybridized carbons (Fsp3) is 0.391. The molecular formula is C23H27N3O3. The van der Waals surface area contributed by atoms with Crippen molar-refractivity contribution in [2.24, 2.45) is 5.92 Å². The van der Waals surface area contributed by atoms with Gasteiger partial charge in [0.15, 0.2) is 6.61 Å². The van der Waals surface area contributed by atoms with Crippen molar-refractivity contribution in [1.82, 2.24) is 15.0 Å². The minimum Gasteiger partial charge on any atom is -0.497 e. The molecule has 0 bridgehead atoms. The zero-order valence-electron chi connectivity index (χ0n) is 16.8.